The molecule has 0 amide bonds. The Morgan fingerprint density at radius 1 is 0.789 bits per heavy atom. The van der Waals surface area contributed by atoms with Crippen LogP contribution in [0.15, 0.2) is 60.7 Å². The Bertz CT molecular complexity index is 466. The first-order valence-corrected chi connectivity index (χ1v) is 8.65. The molecule has 2 atom stereocenters. The summed E-state index contributed by atoms with van der Waals surface area (Å²) in [5.41, 5.74) is 0.870. The molecule has 1 aliphatic rings. The van der Waals surface area contributed by atoms with Gasteiger partial charge in [0, 0.05) is 0 Å². The minimum Gasteiger partial charge on any atom is -0.0625 e. The zero-order valence-corrected chi connectivity index (χ0v) is 12.4. The molecule has 1 unspecified atom stereocenters. The standard InChI is InChI=1S/C18H21P/c1-15-12-13-18(14-15)19(16-8-4-2-5-9-16)17-10-6-3-7-11-17/h2-11,15,18H,12-14H2,1H3/t15?,18-/m0/s1. The average molecular weight is 268 g/mol. The Morgan fingerprint density at radius 2 is 1.32 bits per heavy atom. The highest BCUT2D eigenvalue weighted by Gasteiger charge is 2.30. The van der Waals surface area contributed by atoms with Crippen LogP contribution in [0.3, 0.4) is 0 Å². The fourth-order valence-corrected chi connectivity index (χ4v) is 6.27. The van der Waals surface area contributed by atoms with Gasteiger partial charge < -0.3 is 0 Å². The smallest absolute Gasteiger partial charge is 0.0126 e. The third-order valence-electron chi connectivity index (χ3n) is 4.10. The fraction of sp³-hybridized carbons (Fsp3) is 0.333. The molecule has 0 N–H and O–H groups in total. The summed E-state index contributed by atoms with van der Waals surface area (Å²) in [5, 5.41) is 3.09. The second kappa shape index (κ2) is 5.88. The van der Waals surface area contributed by atoms with E-state index in [1.807, 2.05) is 0 Å². The summed E-state index contributed by atoms with van der Waals surface area (Å²) in [5.74, 6) is 0.905. The van der Waals surface area contributed by atoms with E-state index in [0.717, 1.165) is 11.6 Å². The maximum atomic E-state index is 2.41. The molecular formula is C18H21P. The molecule has 19 heavy (non-hydrogen) atoms. The van der Waals surface area contributed by atoms with Gasteiger partial charge in [0.1, 0.15) is 0 Å². The van der Waals surface area contributed by atoms with Crippen molar-refractivity contribution in [3.8, 4) is 0 Å². The molecule has 1 saturated carbocycles. The molecule has 0 aliphatic heterocycles. The number of rotatable bonds is 3. The maximum Gasteiger partial charge on any atom is -0.0126 e. The van der Waals surface area contributed by atoms with E-state index >= 15 is 0 Å². The van der Waals surface area contributed by atoms with E-state index in [9.17, 15) is 0 Å². The first kappa shape index (κ1) is 12.9. The van der Waals surface area contributed by atoms with E-state index in [-0.39, 0.29) is 7.92 Å². The van der Waals surface area contributed by atoms with E-state index in [2.05, 4.69) is 67.6 Å². The molecule has 2 aromatic carbocycles. The summed E-state index contributed by atoms with van der Waals surface area (Å²) in [4.78, 5) is 0. The Balaban J connectivity index is 1.97. The van der Waals surface area contributed by atoms with Gasteiger partial charge in [-0.15, -0.1) is 0 Å². The summed E-state index contributed by atoms with van der Waals surface area (Å²) < 4.78 is 0. The molecule has 2 aromatic rings. The molecule has 3 rings (SSSR count). The summed E-state index contributed by atoms with van der Waals surface area (Å²) in [7, 11) is -0.179. The number of hydrogen-bond donors (Lipinski definition) is 0. The van der Waals surface area contributed by atoms with E-state index in [4.69, 9.17) is 0 Å². The van der Waals surface area contributed by atoms with Crippen LogP contribution < -0.4 is 10.6 Å². The SMILES string of the molecule is CC1CC[C@H](P(c2ccccc2)c2ccccc2)C1. The molecule has 0 nitrogen and oxygen atoms in total. The zero-order valence-electron chi connectivity index (χ0n) is 11.5. The predicted octanol–water partition coefficient (Wildman–Crippen LogP) is 4.31. The van der Waals surface area contributed by atoms with Crippen molar-refractivity contribution in [1.29, 1.82) is 0 Å². The molecule has 1 heteroatoms. The van der Waals surface area contributed by atoms with Gasteiger partial charge in [-0.05, 0) is 42.9 Å². The van der Waals surface area contributed by atoms with Gasteiger partial charge in [-0.1, -0.05) is 74.0 Å². The monoisotopic (exact) mass is 268 g/mol. The average Bonchev–Trinajstić information content (AvgIpc) is 2.88. The third kappa shape index (κ3) is 2.90. The van der Waals surface area contributed by atoms with Crippen molar-refractivity contribution in [2.24, 2.45) is 5.92 Å². The van der Waals surface area contributed by atoms with Crippen LogP contribution in [-0.4, -0.2) is 5.66 Å². The Labute approximate surface area is 117 Å². The van der Waals surface area contributed by atoms with Crippen LogP contribution in [0.2, 0.25) is 0 Å². The highest BCUT2D eigenvalue weighted by atomic mass is 31.1. The molecule has 0 bridgehead atoms. The summed E-state index contributed by atoms with van der Waals surface area (Å²) in [6.45, 7) is 2.41. The van der Waals surface area contributed by atoms with Gasteiger partial charge in [-0.25, -0.2) is 0 Å². The summed E-state index contributed by atoms with van der Waals surface area (Å²) in [6, 6.07) is 22.3. The molecule has 0 aromatic heterocycles. The Morgan fingerprint density at radius 3 is 1.74 bits per heavy atom. The molecule has 0 radical (unpaired) electrons. The topological polar surface area (TPSA) is 0 Å². The van der Waals surface area contributed by atoms with Crippen molar-refractivity contribution in [1.82, 2.24) is 0 Å². The number of hydrogen-bond acceptors (Lipinski definition) is 0. The maximum absolute atomic E-state index is 2.41. The molecule has 0 heterocycles. The van der Waals surface area contributed by atoms with E-state index < -0.39 is 0 Å². The van der Waals surface area contributed by atoms with Crippen molar-refractivity contribution in [3.05, 3.63) is 60.7 Å². The minimum atomic E-state index is -0.179. The Kier molecular flexibility index (Phi) is 3.99. The van der Waals surface area contributed by atoms with Crippen molar-refractivity contribution < 1.29 is 0 Å². The van der Waals surface area contributed by atoms with Crippen LogP contribution in [0.4, 0.5) is 0 Å². The van der Waals surface area contributed by atoms with E-state index in [1.165, 1.54) is 19.3 Å². The number of benzene rings is 2. The van der Waals surface area contributed by atoms with Crippen LogP contribution in [0.5, 0.6) is 0 Å². The largest absolute Gasteiger partial charge is 0.0625 e. The Hall–Kier alpha value is -1.13. The normalized spacial score (nSPS) is 22.8. The van der Waals surface area contributed by atoms with Gasteiger partial charge in [0.05, 0.1) is 0 Å². The van der Waals surface area contributed by atoms with E-state index in [0.29, 0.717) is 0 Å². The lowest BCUT2D eigenvalue weighted by Crippen LogP contribution is -2.19. The molecule has 98 valence electrons. The van der Waals surface area contributed by atoms with Crippen molar-refractivity contribution in [2.75, 3.05) is 0 Å². The van der Waals surface area contributed by atoms with E-state index in [1.54, 1.807) is 10.6 Å². The zero-order chi connectivity index (χ0) is 13.1. The van der Waals surface area contributed by atoms with Gasteiger partial charge in [0.2, 0.25) is 0 Å². The lowest BCUT2D eigenvalue weighted by Gasteiger charge is -2.25. The lowest BCUT2D eigenvalue weighted by molar-refractivity contribution is 0.613. The van der Waals surface area contributed by atoms with Crippen LogP contribution in [0.25, 0.3) is 0 Å². The predicted molar refractivity (Wildman–Crippen MR) is 85.9 cm³/mol. The molecule has 0 spiro atoms. The summed E-state index contributed by atoms with van der Waals surface area (Å²) in [6.07, 6.45) is 4.20. The quantitative estimate of drug-likeness (QED) is 0.728. The minimum absolute atomic E-state index is 0.179. The third-order valence-corrected chi connectivity index (χ3v) is 7.01. The van der Waals surface area contributed by atoms with Crippen molar-refractivity contribution in [2.45, 2.75) is 31.8 Å². The highest BCUT2D eigenvalue weighted by molar-refractivity contribution is 7.73. The summed E-state index contributed by atoms with van der Waals surface area (Å²) >= 11 is 0. The second-order valence-corrected chi connectivity index (χ2v) is 8.12. The lowest BCUT2D eigenvalue weighted by atomic mass is 10.1. The first-order valence-electron chi connectivity index (χ1n) is 7.24. The van der Waals surface area contributed by atoms with Crippen LogP contribution in [0.1, 0.15) is 26.2 Å². The second-order valence-electron chi connectivity index (χ2n) is 5.61. The molecular weight excluding hydrogens is 247 g/mol. The van der Waals surface area contributed by atoms with Gasteiger partial charge in [0.25, 0.3) is 0 Å². The molecule has 1 fully saturated rings. The van der Waals surface area contributed by atoms with Crippen molar-refractivity contribution in [3.63, 3.8) is 0 Å². The van der Waals surface area contributed by atoms with Crippen LogP contribution >= 0.6 is 7.92 Å². The van der Waals surface area contributed by atoms with Crippen LogP contribution in [-0.2, 0) is 0 Å². The van der Waals surface area contributed by atoms with Gasteiger partial charge in [-0.2, -0.15) is 0 Å². The van der Waals surface area contributed by atoms with Gasteiger partial charge in [-0.3, -0.25) is 0 Å². The van der Waals surface area contributed by atoms with Crippen LogP contribution in [0, 0.1) is 5.92 Å². The highest BCUT2D eigenvalue weighted by Crippen LogP contribution is 2.48. The first-order chi connectivity index (χ1) is 9.34. The molecule has 0 saturated heterocycles. The fourth-order valence-electron chi connectivity index (χ4n) is 3.16. The molecule has 1 aliphatic carbocycles. The van der Waals surface area contributed by atoms with Gasteiger partial charge in [0.15, 0.2) is 0 Å². The van der Waals surface area contributed by atoms with Crippen molar-refractivity contribution >= 4 is 18.5 Å². The van der Waals surface area contributed by atoms with Gasteiger partial charge >= 0.3 is 0 Å².